The van der Waals surface area contributed by atoms with Crippen LogP contribution in [0.25, 0.3) is 0 Å². The molecule has 0 unspecified atom stereocenters. The van der Waals surface area contributed by atoms with Crippen LogP contribution in [-0.4, -0.2) is 37.2 Å². The van der Waals surface area contributed by atoms with Crippen LogP contribution in [0, 0.1) is 0 Å². The Labute approximate surface area is 430 Å². The molecule has 0 aromatic heterocycles. The van der Waals surface area contributed by atoms with E-state index in [0.29, 0.717) is 19.3 Å². The van der Waals surface area contributed by atoms with E-state index < -0.39 is 6.10 Å². The molecule has 0 aliphatic rings. The highest BCUT2D eigenvalue weighted by molar-refractivity contribution is 5.71. The predicted octanol–water partition coefficient (Wildman–Crippen LogP) is 20.7. The predicted molar refractivity (Wildman–Crippen MR) is 298 cm³/mol. The molecule has 0 radical (unpaired) electrons. The molecule has 0 heterocycles. The number of unbranched alkanes of at least 4 members (excludes halogenated alkanes) is 42. The fraction of sp³-hybridized carbons (Fsp3) is 0.889. The van der Waals surface area contributed by atoms with Gasteiger partial charge >= 0.3 is 17.9 Å². The number of allylic oxidation sites excluding steroid dienone is 4. The summed E-state index contributed by atoms with van der Waals surface area (Å²) in [6.07, 6.45) is 69.0. The first-order chi connectivity index (χ1) is 34.0. The zero-order valence-corrected chi connectivity index (χ0v) is 46.6. The van der Waals surface area contributed by atoms with Crippen molar-refractivity contribution >= 4 is 17.9 Å². The van der Waals surface area contributed by atoms with E-state index in [1.165, 1.54) is 238 Å². The Bertz CT molecular complexity index is 1110. The summed E-state index contributed by atoms with van der Waals surface area (Å²) in [7, 11) is 0. The van der Waals surface area contributed by atoms with Gasteiger partial charge in [0.2, 0.25) is 0 Å². The lowest BCUT2D eigenvalue weighted by atomic mass is 10.0. The molecular weight excluding hydrogens is 853 g/mol. The molecule has 0 aromatic carbocycles. The van der Waals surface area contributed by atoms with Gasteiger partial charge in [0.15, 0.2) is 6.10 Å². The average molecular weight is 972 g/mol. The number of hydrogen-bond acceptors (Lipinski definition) is 6. The van der Waals surface area contributed by atoms with Gasteiger partial charge in [0, 0.05) is 19.3 Å². The first kappa shape index (κ1) is 66.9. The van der Waals surface area contributed by atoms with Crippen LogP contribution in [0.15, 0.2) is 24.3 Å². The van der Waals surface area contributed by atoms with Gasteiger partial charge in [0.1, 0.15) is 13.2 Å². The Morgan fingerprint density at radius 3 is 0.768 bits per heavy atom. The van der Waals surface area contributed by atoms with Gasteiger partial charge in [-0.3, -0.25) is 14.4 Å². The van der Waals surface area contributed by atoms with Crippen LogP contribution in [0.3, 0.4) is 0 Å². The third-order valence-electron chi connectivity index (χ3n) is 13.9. The zero-order chi connectivity index (χ0) is 50.0. The van der Waals surface area contributed by atoms with E-state index in [1.54, 1.807) is 0 Å². The van der Waals surface area contributed by atoms with Crippen LogP contribution in [0.4, 0.5) is 0 Å². The van der Waals surface area contributed by atoms with Gasteiger partial charge in [-0.15, -0.1) is 0 Å². The van der Waals surface area contributed by atoms with Gasteiger partial charge in [0.25, 0.3) is 0 Å². The molecule has 0 rings (SSSR count). The van der Waals surface area contributed by atoms with Crippen LogP contribution in [0.1, 0.15) is 342 Å². The molecule has 0 aliphatic heterocycles. The molecule has 6 nitrogen and oxygen atoms in total. The SMILES string of the molecule is CCCC/C=C\CCCCCCCC(=O)OC[C@H](COC(=O)CCCCCCCCCCCCCCCCCCCCCCC)OC(=O)CCCCCCCCCCC/C=C\CCCCCCCC. The topological polar surface area (TPSA) is 78.9 Å². The van der Waals surface area contributed by atoms with E-state index >= 15 is 0 Å². The number of esters is 3. The van der Waals surface area contributed by atoms with E-state index in [9.17, 15) is 14.4 Å². The molecule has 0 spiro atoms. The summed E-state index contributed by atoms with van der Waals surface area (Å²) in [5, 5.41) is 0. The minimum atomic E-state index is -0.772. The summed E-state index contributed by atoms with van der Waals surface area (Å²) >= 11 is 0. The Morgan fingerprint density at radius 2 is 0.493 bits per heavy atom. The fourth-order valence-electron chi connectivity index (χ4n) is 9.25. The van der Waals surface area contributed by atoms with Gasteiger partial charge in [-0.05, 0) is 64.2 Å². The van der Waals surface area contributed by atoms with Crippen LogP contribution < -0.4 is 0 Å². The van der Waals surface area contributed by atoms with Gasteiger partial charge in [-0.25, -0.2) is 0 Å². The van der Waals surface area contributed by atoms with E-state index in [0.717, 1.165) is 64.2 Å². The molecule has 0 aromatic rings. The van der Waals surface area contributed by atoms with Crippen molar-refractivity contribution in [2.45, 2.75) is 348 Å². The minimum Gasteiger partial charge on any atom is -0.462 e. The molecule has 1 atom stereocenters. The van der Waals surface area contributed by atoms with Gasteiger partial charge in [-0.1, -0.05) is 283 Å². The van der Waals surface area contributed by atoms with Crippen LogP contribution >= 0.6 is 0 Å². The Morgan fingerprint density at radius 1 is 0.275 bits per heavy atom. The average Bonchev–Trinajstić information content (AvgIpc) is 3.35. The molecule has 0 aliphatic carbocycles. The maximum atomic E-state index is 12.9. The van der Waals surface area contributed by atoms with E-state index in [-0.39, 0.29) is 31.1 Å². The monoisotopic (exact) mass is 971 g/mol. The second-order valence-corrected chi connectivity index (χ2v) is 21.0. The summed E-state index contributed by atoms with van der Waals surface area (Å²) in [5.74, 6) is -0.860. The first-order valence-electron chi connectivity index (χ1n) is 30.8. The lowest BCUT2D eigenvalue weighted by Crippen LogP contribution is -2.30. The highest BCUT2D eigenvalue weighted by Gasteiger charge is 2.19. The number of rotatable bonds is 57. The number of carbonyl (C=O) groups is 3. The minimum absolute atomic E-state index is 0.0700. The van der Waals surface area contributed by atoms with E-state index in [4.69, 9.17) is 14.2 Å². The number of ether oxygens (including phenoxy) is 3. The number of hydrogen-bond donors (Lipinski definition) is 0. The van der Waals surface area contributed by atoms with Crippen molar-refractivity contribution in [3.05, 3.63) is 24.3 Å². The smallest absolute Gasteiger partial charge is 0.306 e. The van der Waals surface area contributed by atoms with E-state index in [1.807, 2.05) is 0 Å². The van der Waals surface area contributed by atoms with Gasteiger partial charge < -0.3 is 14.2 Å². The van der Waals surface area contributed by atoms with Crippen molar-refractivity contribution in [1.82, 2.24) is 0 Å². The van der Waals surface area contributed by atoms with Crippen molar-refractivity contribution in [1.29, 1.82) is 0 Å². The van der Waals surface area contributed by atoms with Crippen molar-refractivity contribution in [3.8, 4) is 0 Å². The largest absolute Gasteiger partial charge is 0.462 e. The molecule has 0 saturated heterocycles. The quantitative estimate of drug-likeness (QED) is 0.0261. The summed E-state index contributed by atoms with van der Waals surface area (Å²) in [4.78, 5) is 38.2. The zero-order valence-electron chi connectivity index (χ0n) is 46.6. The summed E-state index contributed by atoms with van der Waals surface area (Å²) in [6, 6.07) is 0. The molecule has 406 valence electrons. The summed E-state index contributed by atoms with van der Waals surface area (Å²) in [5.41, 5.74) is 0. The van der Waals surface area contributed by atoms with Crippen LogP contribution in [0.2, 0.25) is 0 Å². The third-order valence-corrected chi connectivity index (χ3v) is 13.9. The maximum Gasteiger partial charge on any atom is 0.306 e. The van der Waals surface area contributed by atoms with Crippen molar-refractivity contribution in [2.24, 2.45) is 0 Å². The molecule has 0 N–H and O–H groups in total. The highest BCUT2D eigenvalue weighted by atomic mass is 16.6. The molecule has 0 amide bonds. The second kappa shape index (κ2) is 58.5. The second-order valence-electron chi connectivity index (χ2n) is 21.0. The molecular formula is C63H118O6. The van der Waals surface area contributed by atoms with Gasteiger partial charge in [0.05, 0.1) is 0 Å². The van der Waals surface area contributed by atoms with E-state index in [2.05, 4.69) is 45.1 Å². The first-order valence-corrected chi connectivity index (χ1v) is 30.8. The Hall–Kier alpha value is -2.11. The van der Waals surface area contributed by atoms with Crippen molar-refractivity contribution in [3.63, 3.8) is 0 Å². The molecule has 6 heteroatoms. The Kier molecular flexibility index (Phi) is 56.7. The lowest BCUT2D eigenvalue weighted by molar-refractivity contribution is -0.167. The fourth-order valence-corrected chi connectivity index (χ4v) is 9.25. The van der Waals surface area contributed by atoms with Crippen molar-refractivity contribution < 1.29 is 28.6 Å². The number of carbonyl (C=O) groups excluding carboxylic acids is 3. The maximum absolute atomic E-state index is 12.9. The Balaban J connectivity index is 4.24. The van der Waals surface area contributed by atoms with Gasteiger partial charge in [-0.2, -0.15) is 0 Å². The molecule has 69 heavy (non-hydrogen) atoms. The molecule has 0 saturated carbocycles. The summed E-state index contributed by atoms with van der Waals surface area (Å²) < 4.78 is 16.9. The van der Waals surface area contributed by atoms with Crippen LogP contribution in [-0.2, 0) is 28.6 Å². The molecule has 0 fully saturated rings. The lowest BCUT2D eigenvalue weighted by Gasteiger charge is -2.18. The van der Waals surface area contributed by atoms with Crippen LogP contribution in [0.5, 0.6) is 0 Å². The van der Waals surface area contributed by atoms with Crippen molar-refractivity contribution in [2.75, 3.05) is 13.2 Å². The highest BCUT2D eigenvalue weighted by Crippen LogP contribution is 2.17. The standard InChI is InChI=1S/C63H118O6/c1-4-7-10-13-16-19-22-24-26-28-30-31-33-34-36-38-41-44-47-50-53-56-62(65)68-59-60(58-67-61(64)55-52-49-46-43-40-21-18-15-12-9-6-3)69-63(66)57-54-51-48-45-42-39-37-35-32-29-27-25-23-20-17-14-11-8-5-2/h15,18,25,27,60H,4-14,16-17,19-24,26,28-59H2,1-3H3/b18-15-,27-25-/t60-/m1/s1. The third kappa shape index (κ3) is 56.7. The summed E-state index contributed by atoms with van der Waals surface area (Å²) in [6.45, 7) is 6.65. The normalized spacial score (nSPS) is 12.1. The molecule has 0 bridgehead atoms.